The Bertz CT molecular complexity index is 331. The molecule has 2 amide bonds. The molecular formula is C13H24N2O4. The van der Waals surface area contributed by atoms with Crippen LogP contribution in [0.25, 0.3) is 0 Å². The van der Waals surface area contributed by atoms with Crippen molar-refractivity contribution in [1.82, 2.24) is 10.2 Å². The molecule has 0 aliphatic carbocycles. The van der Waals surface area contributed by atoms with Crippen LogP contribution in [-0.2, 0) is 9.53 Å². The molecule has 1 aliphatic rings. The van der Waals surface area contributed by atoms with Gasteiger partial charge in [-0.2, -0.15) is 0 Å². The van der Waals surface area contributed by atoms with Crippen LogP contribution in [0, 0.1) is 0 Å². The number of carboxylic acid groups (broad SMARTS) is 1. The lowest BCUT2D eigenvalue weighted by atomic mass is 10.1. The highest BCUT2D eigenvalue weighted by atomic mass is 16.5. The Kier molecular flexibility index (Phi) is 5.60. The van der Waals surface area contributed by atoms with Crippen LogP contribution in [0.5, 0.6) is 0 Å². The first kappa shape index (κ1) is 15.8. The van der Waals surface area contributed by atoms with Gasteiger partial charge < -0.3 is 20.1 Å². The third kappa shape index (κ3) is 5.06. The summed E-state index contributed by atoms with van der Waals surface area (Å²) in [6, 6.07) is -1.13. The maximum atomic E-state index is 12.1. The molecule has 1 rings (SSSR count). The third-order valence-electron chi connectivity index (χ3n) is 3.16. The van der Waals surface area contributed by atoms with Gasteiger partial charge in [0, 0.05) is 6.54 Å². The Morgan fingerprint density at radius 2 is 2.16 bits per heavy atom. The molecule has 1 aliphatic heterocycles. The van der Waals surface area contributed by atoms with Crippen LogP contribution in [0.1, 0.15) is 40.0 Å². The van der Waals surface area contributed by atoms with E-state index in [1.54, 1.807) is 4.90 Å². The van der Waals surface area contributed by atoms with E-state index in [2.05, 4.69) is 5.32 Å². The van der Waals surface area contributed by atoms with E-state index in [0.717, 1.165) is 12.8 Å². The molecule has 0 aromatic rings. The number of hydrogen-bond donors (Lipinski definition) is 2. The predicted octanol–water partition coefficient (Wildman–Crippen LogP) is 1.45. The minimum absolute atomic E-state index is 0.320. The van der Waals surface area contributed by atoms with Crippen molar-refractivity contribution in [2.75, 3.05) is 19.7 Å². The molecule has 0 saturated carbocycles. The van der Waals surface area contributed by atoms with E-state index in [0.29, 0.717) is 26.1 Å². The summed E-state index contributed by atoms with van der Waals surface area (Å²) in [5.41, 5.74) is -0.377. The molecular weight excluding hydrogens is 248 g/mol. The van der Waals surface area contributed by atoms with Gasteiger partial charge in [-0.15, -0.1) is 0 Å². The van der Waals surface area contributed by atoms with Crippen molar-refractivity contribution < 1.29 is 19.4 Å². The SMILES string of the molecule is CCCC[C@H](NC(=O)N1CCOC(C)(C)C1)C(=O)O. The molecule has 0 radical (unpaired) electrons. The van der Waals surface area contributed by atoms with Gasteiger partial charge in [0.1, 0.15) is 6.04 Å². The van der Waals surface area contributed by atoms with Crippen molar-refractivity contribution in [3.05, 3.63) is 0 Å². The van der Waals surface area contributed by atoms with Gasteiger partial charge in [-0.1, -0.05) is 19.8 Å². The fourth-order valence-corrected chi connectivity index (χ4v) is 2.10. The summed E-state index contributed by atoms with van der Waals surface area (Å²) < 4.78 is 5.53. The second-order valence-corrected chi connectivity index (χ2v) is 5.51. The van der Waals surface area contributed by atoms with E-state index < -0.39 is 12.0 Å². The van der Waals surface area contributed by atoms with E-state index in [1.165, 1.54) is 0 Å². The minimum atomic E-state index is -0.977. The summed E-state index contributed by atoms with van der Waals surface area (Å²) in [6.45, 7) is 7.27. The molecule has 1 atom stereocenters. The maximum Gasteiger partial charge on any atom is 0.326 e. The second kappa shape index (κ2) is 6.75. The first-order valence-corrected chi connectivity index (χ1v) is 6.78. The number of ether oxygens (including phenoxy) is 1. The molecule has 1 heterocycles. The van der Waals surface area contributed by atoms with Gasteiger partial charge in [-0.05, 0) is 20.3 Å². The number of nitrogens with one attached hydrogen (secondary N) is 1. The molecule has 110 valence electrons. The summed E-state index contributed by atoms with van der Waals surface area (Å²) >= 11 is 0. The van der Waals surface area contributed by atoms with Crippen LogP contribution in [0.15, 0.2) is 0 Å². The number of morpholine rings is 1. The molecule has 6 nitrogen and oxygen atoms in total. The van der Waals surface area contributed by atoms with Gasteiger partial charge in [0.2, 0.25) is 0 Å². The van der Waals surface area contributed by atoms with Gasteiger partial charge in [-0.25, -0.2) is 9.59 Å². The molecule has 0 spiro atoms. The smallest absolute Gasteiger partial charge is 0.326 e. The Morgan fingerprint density at radius 1 is 1.47 bits per heavy atom. The molecule has 1 fully saturated rings. The Hall–Kier alpha value is -1.30. The predicted molar refractivity (Wildman–Crippen MR) is 71.1 cm³/mol. The highest BCUT2D eigenvalue weighted by Crippen LogP contribution is 2.16. The summed E-state index contributed by atoms with van der Waals surface area (Å²) in [5.74, 6) is -0.977. The van der Waals surface area contributed by atoms with Crippen molar-refractivity contribution in [3.63, 3.8) is 0 Å². The zero-order chi connectivity index (χ0) is 14.5. The Balaban J connectivity index is 2.54. The van der Waals surface area contributed by atoms with Crippen LogP contribution in [-0.4, -0.2) is 53.3 Å². The average Bonchev–Trinajstić information content (AvgIpc) is 2.32. The van der Waals surface area contributed by atoms with Crippen molar-refractivity contribution in [2.24, 2.45) is 0 Å². The van der Waals surface area contributed by atoms with E-state index in [9.17, 15) is 9.59 Å². The Morgan fingerprint density at radius 3 is 2.68 bits per heavy atom. The van der Waals surface area contributed by atoms with Gasteiger partial charge in [-0.3, -0.25) is 0 Å². The standard InChI is InChI=1S/C13H24N2O4/c1-4-5-6-10(11(16)17)14-12(18)15-7-8-19-13(2,3)9-15/h10H,4-9H2,1-3H3,(H,14,18)(H,16,17)/t10-/m0/s1. The van der Waals surface area contributed by atoms with Crippen molar-refractivity contribution in [2.45, 2.75) is 51.7 Å². The topological polar surface area (TPSA) is 78.9 Å². The average molecular weight is 272 g/mol. The quantitative estimate of drug-likeness (QED) is 0.794. The fourth-order valence-electron chi connectivity index (χ4n) is 2.10. The number of nitrogens with zero attached hydrogens (tertiary/aromatic N) is 1. The highest BCUT2D eigenvalue weighted by molar-refractivity contribution is 5.82. The number of unbranched alkanes of at least 4 members (excludes halogenated alkanes) is 1. The number of carboxylic acids is 1. The number of amides is 2. The second-order valence-electron chi connectivity index (χ2n) is 5.51. The Labute approximate surface area is 114 Å². The number of carbonyl (C=O) groups excluding carboxylic acids is 1. The largest absolute Gasteiger partial charge is 0.480 e. The number of rotatable bonds is 5. The van der Waals surface area contributed by atoms with E-state index in [1.807, 2.05) is 20.8 Å². The van der Waals surface area contributed by atoms with Crippen LogP contribution in [0.3, 0.4) is 0 Å². The number of hydrogen-bond acceptors (Lipinski definition) is 3. The van der Waals surface area contributed by atoms with Crippen LogP contribution < -0.4 is 5.32 Å². The molecule has 0 bridgehead atoms. The van der Waals surface area contributed by atoms with E-state index in [4.69, 9.17) is 9.84 Å². The van der Waals surface area contributed by atoms with E-state index >= 15 is 0 Å². The van der Waals surface area contributed by atoms with Crippen molar-refractivity contribution in [1.29, 1.82) is 0 Å². The van der Waals surface area contributed by atoms with Gasteiger partial charge in [0.15, 0.2) is 0 Å². The van der Waals surface area contributed by atoms with Gasteiger partial charge >= 0.3 is 12.0 Å². The van der Waals surface area contributed by atoms with Crippen LogP contribution in [0.4, 0.5) is 4.79 Å². The summed E-state index contributed by atoms with van der Waals surface area (Å²) in [6.07, 6.45) is 2.15. The molecule has 2 N–H and O–H groups in total. The lowest BCUT2D eigenvalue weighted by Crippen LogP contribution is -2.56. The first-order chi connectivity index (χ1) is 8.85. The molecule has 0 aromatic heterocycles. The van der Waals surface area contributed by atoms with Crippen LogP contribution >= 0.6 is 0 Å². The van der Waals surface area contributed by atoms with Crippen molar-refractivity contribution in [3.8, 4) is 0 Å². The monoisotopic (exact) mass is 272 g/mol. The molecule has 0 unspecified atom stereocenters. The minimum Gasteiger partial charge on any atom is -0.480 e. The zero-order valence-corrected chi connectivity index (χ0v) is 11.9. The fraction of sp³-hybridized carbons (Fsp3) is 0.846. The van der Waals surface area contributed by atoms with Crippen LogP contribution in [0.2, 0.25) is 0 Å². The lowest BCUT2D eigenvalue weighted by Gasteiger charge is -2.38. The molecule has 19 heavy (non-hydrogen) atoms. The van der Waals surface area contributed by atoms with Gasteiger partial charge in [0.05, 0.1) is 18.8 Å². The summed E-state index contributed by atoms with van der Waals surface area (Å²) in [4.78, 5) is 24.8. The summed E-state index contributed by atoms with van der Waals surface area (Å²) in [5, 5.41) is 11.7. The maximum absolute atomic E-state index is 12.1. The van der Waals surface area contributed by atoms with E-state index in [-0.39, 0.29) is 11.6 Å². The highest BCUT2D eigenvalue weighted by Gasteiger charge is 2.31. The molecule has 1 saturated heterocycles. The third-order valence-corrected chi connectivity index (χ3v) is 3.16. The molecule has 6 heteroatoms. The summed E-state index contributed by atoms with van der Waals surface area (Å²) in [7, 11) is 0. The number of carbonyl (C=O) groups is 2. The number of aliphatic carboxylic acids is 1. The first-order valence-electron chi connectivity index (χ1n) is 6.78. The zero-order valence-electron chi connectivity index (χ0n) is 11.9. The normalized spacial score (nSPS) is 19.8. The number of urea groups is 1. The van der Waals surface area contributed by atoms with Gasteiger partial charge in [0.25, 0.3) is 0 Å². The molecule has 0 aromatic carbocycles. The lowest BCUT2D eigenvalue weighted by molar-refractivity contribution is -0.139. The van der Waals surface area contributed by atoms with Crippen molar-refractivity contribution >= 4 is 12.0 Å².